The van der Waals surface area contributed by atoms with Crippen LogP contribution in [0.25, 0.3) is 87.3 Å². The highest BCUT2D eigenvalue weighted by Gasteiger charge is 2.32. The van der Waals surface area contributed by atoms with Crippen molar-refractivity contribution in [3.63, 3.8) is 0 Å². The number of ether oxygens (including phenoxy) is 1. The second kappa shape index (κ2) is 15.5. The van der Waals surface area contributed by atoms with Crippen molar-refractivity contribution in [2.75, 3.05) is 4.90 Å². The summed E-state index contributed by atoms with van der Waals surface area (Å²) in [5.74, 6) is 1.63. The van der Waals surface area contributed by atoms with Gasteiger partial charge in [0, 0.05) is 38.6 Å². The van der Waals surface area contributed by atoms with Crippen molar-refractivity contribution in [3.05, 3.63) is 215 Å². The molecule has 5 heteroatoms. The lowest BCUT2D eigenvalue weighted by Crippen LogP contribution is -2.56. The molecule has 338 valence electrons. The van der Waals surface area contributed by atoms with Crippen molar-refractivity contribution in [2.45, 2.75) is 41.5 Å². The predicted octanol–water partition coefficient (Wildman–Crippen LogP) is 16.6. The van der Waals surface area contributed by atoms with Gasteiger partial charge in [0.1, 0.15) is 22.7 Å². The number of hydrogen-bond acceptors (Lipinski definition) is 4. The van der Waals surface area contributed by atoms with E-state index in [1.54, 1.807) is 0 Å². The molecule has 13 aromatic rings. The summed E-state index contributed by atoms with van der Waals surface area (Å²) in [5, 5.41) is 11.5. The molecule has 11 aromatic carbocycles. The smallest absolute Gasteiger partial charge is 0.243 e. The van der Waals surface area contributed by atoms with E-state index in [0.717, 1.165) is 89.0 Å². The van der Waals surface area contributed by atoms with Crippen LogP contribution in [0.2, 0.25) is 0 Å². The Morgan fingerprint density at radius 1 is 0.366 bits per heavy atom. The highest BCUT2D eigenvalue weighted by atomic mass is 16.5. The Hall–Kier alpha value is -8.54. The van der Waals surface area contributed by atoms with Crippen LogP contribution in [0, 0.1) is 41.5 Å². The Balaban J connectivity index is 1.00. The predicted molar refractivity (Wildman–Crippen MR) is 300 cm³/mol. The molecule has 1 aliphatic rings. The van der Waals surface area contributed by atoms with Crippen LogP contribution in [0.15, 0.2) is 191 Å². The van der Waals surface area contributed by atoms with Gasteiger partial charge in [-0.3, -0.25) is 0 Å². The summed E-state index contributed by atoms with van der Waals surface area (Å²) in [4.78, 5) is 2.27. The quantitative estimate of drug-likeness (QED) is 0.123. The van der Waals surface area contributed by atoms with Gasteiger partial charge in [-0.15, -0.1) is 0 Å². The molecule has 1 aliphatic heterocycles. The zero-order valence-corrected chi connectivity index (χ0v) is 40.6. The van der Waals surface area contributed by atoms with Gasteiger partial charge >= 0.3 is 0 Å². The molecule has 3 heterocycles. The van der Waals surface area contributed by atoms with E-state index in [4.69, 9.17) is 13.6 Å². The standard InChI is InChI=1S/C66H48BNO3/c1-37-30-39(3)63(40(4)31-37)67(64-41(5)32-38(2)33-42(64)6)55-36-53-49-20-15-27-60-62(49)54(35-52(53)44-16-7-8-17-45(44)55)48-29-28-43(34-61(48)69-60)68(56-23-13-21-50-46-18-9-11-25-58(46)70-65(50)56)57-24-14-22-51-47-19-10-12-26-59(47)71-66(51)57/h7-36H,1-6H3. The number of rotatable bonds is 6. The topological polar surface area (TPSA) is 38.8 Å². The summed E-state index contributed by atoms with van der Waals surface area (Å²) >= 11 is 0. The van der Waals surface area contributed by atoms with E-state index >= 15 is 0 Å². The van der Waals surface area contributed by atoms with Crippen molar-refractivity contribution < 1.29 is 13.6 Å². The lowest BCUT2D eigenvalue weighted by Gasteiger charge is -2.29. The van der Waals surface area contributed by atoms with E-state index in [0.29, 0.717) is 0 Å². The Labute approximate surface area is 412 Å². The number of fused-ring (bicyclic) bond motifs is 12. The highest BCUT2D eigenvalue weighted by Crippen LogP contribution is 2.53. The first-order chi connectivity index (χ1) is 34.7. The maximum atomic E-state index is 7.15. The SMILES string of the molecule is Cc1cc(C)c(B(c2c(C)cc(C)cc2C)c2cc3c4cccc5c4c(cc3c3ccccc23)-c2ccc(N(c3cccc4c3oc3ccccc34)c3cccc4c3oc3ccccc34)cc2O5)c(C)c1. The van der Waals surface area contributed by atoms with Crippen molar-refractivity contribution >= 4 is 116 Å². The average Bonchev–Trinajstić information content (AvgIpc) is 3.95. The zero-order chi connectivity index (χ0) is 47.8. The minimum atomic E-state index is 0.0190. The van der Waals surface area contributed by atoms with Gasteiger partial charge in [-0.2, -0.15) is 0 Å². The van der Waals surface area contributed by atoms with Crippen molar-refractivity contribution in [2.24, 2.45) is 0 Å². The molecule has 0 aliphatic carbocycles. The number of hydrogen-bond donors (Lipinski definition) is 0. The summed E-state index contributed by atoms with van der Waals surface area (Å²) in [5.41, 5.74) is 20.2. The van der Waals surface area contributed by atoms with E-state index in [1.165, 1.54) is 76.7 Å². The molecular weight excluding hydrogens is 866 g/mol. The summed E-state index contributed by atoms with van der Waals surface area (Å²) in [6.45, 7) is 13.6. The fourth-order valence-electron chi connectivity index (χ4n) is 12.6. The van der Waals surface area contributed by atoms with Crippen molar-refractivity contribution in [3.8, 4) is 22.6 Å². The second-order valence-corrected chi connectivity index (χ2v) is 19.9. The summed E-state index contributed by atoms with van der Waals surface area (Å²) in [6, 6.07) is 66.0. The summed E-state index contributed by atoms with van der Waals surface area (Å²) in [7, 11) is 0. The lowest BCUT2D eigenvalue weighted by atomic mass is 9.33. The largest absolute Gasteiger partial charge is 0.456 e. The number of nitrogens with zero attached hydrogens (tertiary/aromatic N) is 1. The Morgan fingerprint density at radius 3 is 1.45 bits per heavy atom. The number of benzene rings is 11. The van der Waals surface area contributed by atoms with Gasteiger partial charge in [-0.1, -0.05) is 177 Å². The maximum Gasteiger partial charge on any atom is 0.243 e. The van der Waals surface area contributed by atoms with Crippen molar-refractivity contribution in [1.82, 2.24) is 0 Å². The van der Waals surface area contributed by atoms with Gasteiger partial charge in [-0.25, -0.2) is 0 Å². The number of anilines is 3. The fraction of sp³-hybridized carbons (Fsp3) is 0.0909. The maximum absolute atomic E-state index is 7.15. The molecule has 0 radical (unpaired) electrons. The average molecular weight is 914 g/mol. The van der Waals surface area contributed by atoms with Crippen LogP contribution in [0.4, 0.5) is 17.1 Å². The lowest BCUT2D eigenvalue weighted by molar-refractivity contribution is 0.487. The van der Waals surface area contributed by atoms with Crippen LogP contribution in [0.3, 0.4) is 0 Å². The van der Waals surface area contributed by atoms with E-state index in [1.807, 2.05) is 24.3 Å². The Bertz CT molecular complexity index is 4200. The first-order valence-electron chi connectivity index (χ1n) is 24.7. The van der Waals surface area contributed by atoms with E-state index in [-0.39, 0.29) is 6.71 Å². The monoisotopic (exact) mass is 913 g/mol. The summed E-state index contributed by atoms with van der Waals surface area (Å²) in [6.07, 6.45) is 0. The number of para-hydroxylation sites is 4. The van der Waals surface area contributed by atoms with Crippen molar-refractivity contribution in [1.29, 1.82) is 0 Å². The molecule has 14 rings (SSSR count). The Morgan fingerprint density at radius 2 is 0.859 bits per heavy atom. The Kier molecular flexibility index (Phi) is 9.04. The van der Waals surface area contributed by atoms with Crippen LogP contribution in [0.1, 0.15) is 33.4 Å². The third-order valence-electron chi connectivity index (χ3n) is 15.3. The minimum Gasteiger partial charge on any atom is -0.456 e. The second-order valence-electron chi connectivity index (χ2n) is 19.9. The first-order valence-corrected chi connectivity index (χ1v) is 24.7. The van der Waals surface area contributed by atoms with Gasteiger partial charge in [0.25, 0.3) is 0 Å². The van der Waals surface area contributed by atoms with Crippen LogP contribution in [0.5, 0.6) is 11.5 Å². The molecular formula is C66H48BNO3. The normalized spacial score (nSPS) is 12.2. The van der Waals surface area contributed by atoms with Crippen LogP contribution < -0.4 is 26.0 Å². The molecule has 0 amide bonds. The molecule has 0 spiro atoms. The summed E-state index contributed by atoms with van der Waals surface area (Å²) < 4.78 is 20.7. The van der Waals surface area contributed by atoms with Crippen LogP contribution in [-0.4, -0.2) is 6.71 Å². The molecule has 0 fully saturated rings. The third kappa shape index (κ3) is 6.18. The first kappa shape index (κ1) is 41.4. The van der Waals surface area contributed by atoms with Gasteiger partial charge in [0.2, 0.25) is 6.71 Å². The van der Waals surface area contributed by atoms with Gasteiger partial charge in [0.15, 0.2) is 11.2 Å². The van der Waals surface area contributed by atoms with Gasteiger partial charge in [0.05, 0.1) is 17.1 Å². The minimum absolute atomic E-state index is 0.0190. The highest BCUT2D eigenvalue weighted by molar-refractivity contribution is 6.98. The molecule has 0 N–H and O–H groups in total. The molecule has 71 heavy (non-hydrogen) atoms. The fourth-order valence-corrected chi connectivity index (χ4v) is 12.6. The number of furan rings is 2. The van der Waals surface area contributed by atoms with Gasteiger partial charge in [-0.05, 0) is 123 Å². The molecule has 0 saturated heterocycles. The molecule has 0 atom stereocenters. The third-order valence-corrected chi connectivity index (χ3v) is 15.3. The molecule has 0 bridgehead atoms. The van der Waals surface area contributed by atoms with Gasteiger partial charge < -0.3 is 18.5 Å². The molecule has 0 saturated carbocycles. The zero-order valence-electron chi connectivity index (χ0n) is 40.6. The van der Waals surface area contributed by atoms with E-state index < -0.39 is 0 Å². The van der Waals surface area contributed by atoms with E-state index in [2.05, 4.69) is 204 Å². The molecule has 2 aromatic heterocycles. The van der Waals surface area contributed by atoms with E-state index in [9.17, 15) is 0 Å². The van der Waals surface area contributed by atoms with Crippen LogP contribution in [-0.2, 0) is 0 Å². The van der Waals surface area contributed by atoms with Crippen LogP contribution >= 0.6 is 0 Å². The molecule has 0 unspecified atom stereocenters. The number of aryl methyl sites for hydroxylation is 6. The molecule has 4 nitrogen and oxygen atoms in total.